The van der Waals surface area contributed by atoms with Crippen molar-refractivity contribution in [3.63, 3.8) is 0 Å². The maximum absolute atomic E-state index is 12.2. The predicted octanol–water partition coefficient (Wildman–Crippen LogP) is 7.36. The number of rotatable bonds is 13. The summed E-state index contributed by atoms with van der Waals surface area (Å²) >= 11 is 23.2. The van der Waals surface area contributed by atoms with Gasteiger partial charge in [-0.05, 0) is 18.9 Å². The van der Waals surface area contributed by atoms with Gasteiger partial charge in [0.05, 0.1) is 29.5 Å². The van der Waals surface area contributed by atoms with Crippen molar-refractivity contribution in [3.8, 4) is 11.5 Å². The van der Waals surface area contributed by atoms with Crippen molar-refractivity contribution in [2.45, 2.75) is 31.3 Å². The Kier molecular flexibility index (Phi) is 12.8. The summed E-state index contributed by atoms with van der Waals surface area (Å²) in [4.78, 5) is 3.50. The number of benzene rings is 1. The Bertz CT molecular complexity index is 764. The van der Waals surface area contributed by atoms with E-state index in [9.17, 15) is 26.3 Å². The first kappa shape index (κ1) is 29.8. The lowest BCUT2D eigenvalue weighted by molar-refractivity contribution is -0.322. The third-order valence-electron chi connectivity index (χ3n) is 3.42. The van der Waals surface area contributed by atoms with Crippen molar-refractivity contribution >= 4 is 52.6 Å². The number of alkyl halides is 6. The summed E-state index contributed by atoms with van der Waals surface area (Å²) in [5, 5.41) is 3.08. The fourth-order valence-electron chi connectivity index (χ4n) is 2.01. The van der Waals surface area contributed by atoms with Crippen LogP contribution in [0.1, 0.15) is 12.8 Å². The summed E-state index contributed by atoms with van der Waals surface area (Å²) in [5.41, 5.74) is 0. The number of halogens is 10. The highest BCUT2D eigenvalue weighted by molar-refractivity contribution is 6.55. The number of unbranched alkanes of at least 4 members (excludes halogenated alkanes) is 1. The van der Waals surface area contributed by atoms with Crippen LogP contribution in [0.5, 0.6) is 11.5 Å². The molecule has 0 atom stereocenters. The lowest BCUT2D eigenvalue weighted by atomic mass is 10.3. The molecule has 0 saturated carbocycles. The van der Waals surface area contributed by atoms with Gasteiger partial charge < -0.3 is 19.0 Å². The van der Waals surface area contributed by atoms with Crippen LogP contribution in [0.2, 0.25) is 10.0 Å². The Balaban J connectivity index is 2.29. The van der Waals surface area contributed by atoms with Crippen LogP contribution in [0.15, 0.2) is 27.9 Å². The minimum Gasteiger partial charge on any atom is -0.490 e. The predicted molar refractivity (Wildman–Crippen MR) is 113 cm³/mol. The molecular weight excluding hydrogens is 550 g/mol. The molecule has 0 aliphatic rings. The van der Waals surface area contributed by atoms with E-state index in [0.29, 0.717) is 24.8 Å². The third kappa shape index (κ3) is 12.1. The van der Waals surface area contributed by atoms with Crippen LogP contribution in [0.25, 0.3) is 0 Å². The van der Waals surface area contributed by atoms with Gasteiger partial charge in [-0.3, -0.25) is 0 Å². The number of hydrogen-bond donors (Lipinski definition) is 0. The molecule has 0 N–H and O–H groups in total. The minimum absolute atomic E-state index is 0.0493. The van der Waals surface area contributed by atoms with Crippen molar-refractivity contribution in [2.24, 2.45) is 5.16 Å². The normalized spacial score (nSPS) is 12.3. The zero-order chi connectivity index (χ0) is 25.1. The highest BCUT2D eigenvalue weighted by atomic mass is 35.5. The molecule has 0 spiro atoms. The molecule has 0 fully saturated rings. The second-order valence-electron chi connectivity index (χ2n) is 6.01. The Hall–Kier alpha value is -1.27. The molecule has 0 saturated heterocycles. The molecule has 0 unspecified atom stereocenters. The van der Waals surface area contributed by atoms with Gasteiger partial charge in [0, 0.05) is 18.7 Å². The highest BCUT2D eigenvalue weighted by Crippen LogP contribution is 2.37. The summed E-state index contributed by atoms with van der Waals surface area (Å²) in [5.74, 6) is 0.615. The SMILES string of the molecule is FC(F)(F)C(ON=CCOCCCCOc1c(Cl)cc(OCC=C(Cl)Cl)cc1Cl)C(F)(F)F. The van der Waals surface area contributed by atoms with Gasteiger partial charge in [0.25, 0.3) is 0 Å². The molecule has 0 aliphatic heterocycles. The molecule has 33 heavy (non-hydrogen) atoms. The van der Waals surface area contributed by atoms with E-state index < -0.39 is 18.5 Å². The lowest BCUT2D eigenvalue weighted by Crippen LogP contribution is -2.43. The second-order valence-corrected chi connectivity index (χ2v) is 7.83. The van der Waals surface area contributed by atoms with Crippen LogP contribution in [0, 0.1) is 0 Å². The summed E-state index contributed by atoms with van der Waals surface area (Å²) in [6.07, 6.45) is -12.2. The van der Waals surface area contributed by atoms with Crippen molar-refractivity contribution in [3.05, 3.63) is 32.7 Å². The van der Waals surface area contributed by atoms with Crippen molar-refractivity contribution < 1.29 is 45.4 Å². The highest BCUT2D eigenvalue weighted by Gasteiger charge is 2.59. The van der Waals surface area contributed by atoms with Crippen LogP contribution in [0.4, 0.5) is 26.3 Å². The first-order valence-electron chi connectivity index (χ1n) is 8.97. The minimum atomic E-state index is -5.63. The largest absolute Gasteiger partial charge is 0.490 e. The van der Waals surface area contributed by atoms with Gasteiger partial charge in [-0.1, -0.05) is 51.6 Å². The fourth-order valence-corrected chi connectivity index (χ4v) is 2.72. The third-order valence-corrected chi connectivity index (χ3v) is 4.29. The molecule has 0 aliphatic carbocycles. The summed E-state index contributed by atoms with van der Waals surface area (Å²) in [6, 6.07) is 2.98. The van der Waals surface area contributed by atoms with Crippen molar-refractivity contribution in [2.75, 3.05) is 26.4 Å². The van der Waals surface area contributed by atoms with E-state index in [1.165, 1.54) is 18.2 Å². The molecule has 0 amide bonds. The molecule has 5 nitrogen and oxygen atoms in total. The Morgan fingerprint density at radius 3 is 2.03 bits per heavy atom. The lowest BCUT2D eigenvalue weighted by Gasteiger charge is -2.20. The molecule has 1 rings (SSSR count). The Morgan fingerprint density at radius 2 is 1.48 bits per heavy atom. The molecule has 0 heterocycles. The molecule has 0 radical (unpaired) electrons. The van der Waals surface area contributed by atoms with Crippen molar-refractivity contribution in [1.82, 2.24) is 0 Å². The van der Waals surface area contributed by atoms with Crippen LogP contribution in [-0.4, -0.2) is 51.1 Å². The standard InChI is InChI=1S/C18H17Cl4F6NO4/c19-12-9-11(31-7-3-14(21)22)10-13(20)15(12)32-6-2-1-5-30-8-4-29-33-16(17(23,24)25)18(26,27)28/h3-4,9-10,16H,1-2,5-8H2. The van der Waals surface area contributed by atoms with Crippen molar-refractivity contribution in [1.29, 1.82) is 0 Å². The number of ether oxygens (including phenoxy) is 3. The monoisotopic (exact) mass is 565 g/mol. The summed E-state index contributed by atoms with van der Waals surface area (Å²) in [7, 11) is 0. The van der Waals surface area contributed by atoms with Gasteiger partial charge in [0.1, 0.15) is 16.8 Å². The average molecular weight is 567 g/mol. The Labute approximate surface area is 205 Å². The number of oxime groups is 1. The van der Waals surface area contributed by atoms with Gasteiger partial charge >= 0.3 is 18.5 Å². The summed E-state index contributed by atoms with van der Waals surface area (Å²) in [6.45, 7) is 0.121. The van der Waals surface area contributed by atoms with Gasteiger partial charge in [-0.2, -0.15) is 26.3 Å². The number of hydrogen-bond acceptors (Lipinski definition) is 5. The van der Waals surface area contributed by atoms with Crippen LogP contribution in [0.3, 0.4) is 0 Å². The average Bonchev–Trinajstić information content (AvgIpc) is 2.65. The van der Waals surface area contributed by atoms with E-state index >= 15 is 0 Å². The molecule has 0 bridgehead atoms. The molecule has 15 heteroatoms. The molecule has 188 valence electrons. The molecule has 1 aromatic carbocycles. The van der Waals surface area contributed by atoms with E-state index in [1.54, 1.807) is 0 Å². The smallest absolute Gasteiger partial charge is 0.437 e. The second kappa shape index (κ2) is 14.2. The molecular formula is C18H17Cl4F6NO4. The van der Waals surface area contributed by atoms with Crippen LogP contribution in [-0.2, 0) is 9.57 Å². The maximum Gasteiger partial charge on any atom is 0.437 e. The van der Waals surface area contributed by atoms with Gasteiger partial charge in [-0.25, -0.2) is 0 Å². The molecule has 0 aromatic heterocycles. The zero-order valence-electron chi connectivity index (χ0n) is 16.5. The quantitative estimate of drug-likeness (QED) is 0.108. The topological polar surface area (TPSA) is 49.3 Å². The zero-order valence-corrected chi connectivity index (χ0v) is 19.5. The maximum atomic E-state index is 12.2. The van der Waals surface area contributed by atoms with E-state index in [2.05, 4.69) is 9.99 Å². The first-order chi connectivity index (χ1) is 15.3. The Morgan fingerprint density at radius 1 is 0.909 bits per heavy atom. The van der Waals surface area contributed by atoms with Crippen LogP contribution < -0.4 is 9.47 Å². The van der Waals surface area contributed by atoms with E-state index in [0.717, 1.165) is 0 Å². The number of nitrogens with zero attached hydrogens (tertiary/aromatic N) is 1. The van der Waals surface area contributed by atoms with E-state index in [-0.39, 0.29) is 46.7 Å². The van der Waals surface area contributed by atoms with Crippen LogP contribution >= 0.6 is 46.4 Å². The fraction of sp³-hybridized carbons (Fsp3) is 0.500. The van der Waals surface area contributed by atoms with Gasteiger partial charge in [0.2, 0.25) is 0 Å². The molecule has 1 aromatic rings. The van der Waals surface area contributed by atoms with Gasteiger partial charge in [-0.15, -0.1) is 0 Å². The van der Waals surface area contributed by atoms with E-state index in [4.69, 9.17) is 60.6 Å². The summed E-state index contributed by atoms with van der Waals surface area (Å²) < 4.78 is 89.4. The van der Waals surface area contributed by atoms with E-state index in [1.807, 2.05) is 0 Å². The first-order valence-corrected chi connectivity index (χ1v) is 10.5. The van der Waals surface area contributed by atoms with Gasteiger partial charge in [0.15, 0.2) is 5.75 Å².